The summed E-state index contributed by atoms with van der Waals surface area (Å²) in [4.78, 5) is 29.8. The number of rotatable bonds is 23. The number of carbonyl (C=O) groups is 2. The highest BCUT2D eigenvalue weighted by Crippen LogP contribution is 2.20. The monoisotopic (exact) mass is 578 g/mol. The van der Waals surface area contributed by atoms with E-state index in [9.17, 15) is 9.59 Å². The molecule has 0 aliphatic rings. The van der Waals surface area contributed by atoms with Crippen molar-refractivity contribution < 1.29 is 9.59 Å². The number of likely N-dealkylation sites (N-methyl/N-ethyl adjacent to an activating group) is 2. The van der Waals surface area contributed by atoms with Gasteiger partial charge in [-0.1, -0.05) is 102 Å². The van der Waals surface area contributed by atoms with E-state index in [1.165, 1.54) is 77.0 Å². The first-order chi connectivity index (χ1) is 20.4. The van der Waals surface area contributed by atoms with E-state index >= 15 is 0 Å². The van der Waals surface area contributed by atoms with Crippen molar-refractivity contribution in [2.24, 2.45) is 0 Å². The Morgan fingerprint density at radius 2 is 0.833 bits per heavy atom. The van der Waals surface area contributed by atoms with Gasteiger partial charge in [-0.05, 0) is 75.4 Å². The molecule has 0 spiro atoms. The summed E-state index contributed by atoms with van der Waals surface area (Å²) in [6, 6.07) is 15.3. The Kier molecular flexibility index (Phi) is 18.5. The zero-order chi connectivity index (χ0) is 30.4. The van der Waals surface area contributed by atoms with E-state index in [1.54, 1.807) is 0 Å². The fourth-order valence-corrected chi connectivity index (χ4v) is 5.10. The molecule has 6 nitrogen and oxygen atoms in total. The molecule has 6 heteroatoms. The van der Waals surface area contributed by atoms with Gasteiger partial charge in [0.2, 0.25) is 0 Å². The summed E-state index contributed by atoms with van der Waals surface area (Å²) in [6.07, 6.45) is 15.6. The Labute approximate surface area is 256 Å². The van der Waals surface area contributed by atoms with Crippen molar-refractivity contribution in [3.05, 3.63) is 59.7 Å². The molecule has 0 saturated heterocycles. The fourth-order valence-electron chi connectivity index (χ4n) is 5.10. The van der Waals surface area contributed by atoms with Crippen molar-refractivity contribution in [1.82, 2.24) is 20.4 Å². The van der Waals surface area contributed by atoms with E-state index in [-0.39, 0.29) is 11.8 Å². The Morgan fingerprint density at radius 3 is 1.19 bits per heavy atom. The van der Waals surface area contributed by atoms with Crippen LogP contribution in [-0.2, 0) is 0 Å². The first-order valence-electron chi connectivity index (χ1n) is 16.6. The van der Waals surface area contributed by atoms with Gasteiger partial charge in [-0.15, -0.1) is 0 Å². The van der Waals surface area contributed by atoms with E-state index < -0.39 is 0 Å². The second-order valence-electron chi connectivity index (χ2n) is 11.8. The maximum atomic E-state index is 12.6. The van der Waals surface area contributed by atoms with Crippen molar-refractivity contribution in [3.8, 4) is 11.1 Å². The molecule has 2 amide bonds. The molecule has 2 N–H and O–H groups in total. The summed E-state index contributed by atoms with van der Waals surface area (Å²) in [6.45, 7) is 9.65. The van der Waals surface area contributed by atoms with Crippen molar-refractivity contribution in [1.29, 1.82) is 0 Å². The smallest absolute Gasteiger partial charge is 0.251 e. The van der Waals surface area contributed by atoms with E-state index in [1.807, 2.05) is 48.5 Å². The van der Waals surface area contributed by atoms with Crippen LogP contribution in [0.1, 0.15) is 112 Å². The van der Waals surface area contributed by atoms with Crippen LogP contribution in [0, 0.1) is 0 Å². The molecular formula is C36H58N4O2. The van der Waals surface area contributed by atoms with Gasteiger partial charge in [0.25, 0.3) is 11.8 Å². The average Bonchev–Trinajstić information content (AvgIpc) is 3.00. The lowest BCUT2D eigenvalue weighted by atomic mass is 10.0. The van der Waals surface area contributed by atoms with Crippen LogP contribution in [0.4, 0.5) is 0 Å². The molecule has 0 heterocycles. The van der Waals surface area contributed by atoms with Gasteiger partial charge in [-0.2, -0.15) is 0 Å². The van der Waals surface area contributed by atoms with Crippen LogP contribution in [0.3, 0.4) is 0 Å². The molecule has 0 bridgehead atoms. The summed E-state index contributed by atoms with van der Waals surface area (Å²) >= 11 is 0. The van der Waals surface area contributed by atoms with Crippen LogP contribution in [0.5, 0.6) is 0 Å². The van der Waals surface area contributed by atoms with Crippen molar-refractivity contribution >= 4 is 11.8 Å². The zero-order valence-electron chi connectivity index (χ0n) is 27.1. The topological polar surface area (TPSA) is 64.7 Å². The molecule has 0 atom stereocenters. The summed E-state index contributed by atoms with van der Waals surface area (Å²) in [5.41, 5.74) is 3.37. The average molecular weight is 579 g/mol. The van der Waals surface area contributed by atoms with Crippen molar-refractivity contribution in [3.63, 3.8) is 0 Å². The Bertz CT molecular complexity index is 909. The Hall–Kier alpha value is -2.70. The van der Waals surface area contributed by atoms with Crippen LogP contribution < -0.4 is 10.6 Å². The lowest BCUT2D eigenvalue weighted by Gasteiger charge is -2.17. The van der Waals surface area contributed by atoms with E-state index in [0.29, 0.717) is 24.2 Å². The van der Waals surface area contributed by atoms with Crippen molar-refractivity contribution in [2.45, 2.75) is 90.9 Å². The number of carbonyl (C=O) groups excluding carboxylic acids is 2. The lowest BCUT2D eigenvalue weighted by molar-refractivity contribution is 0.0941. The number of benzene rings is 2. The van der Waals surface area contributed by atoms with Gasteiger partial charge in [0.1, 0.15) is 0 Å². The minimum Gasteiger partial charge on any atom is -0.351 e. The van der Waals surface area contributed by atoms with E-state index in [0.717, 1.165) is 37.3 Å². The molecule has 0 unspecified atom stereocenters. The molecule has 0 radical (unpaired) electrons. The molecule has 0 aromatic heterocycles. The standard InChI is InChI=1S/C36H58N4O2/c1-5-7-9-11-13-15-27-39(3)29-25-37-35(41)33-21-17-31(18-22-33)32-19-23-34(24-20-32)36(42)38-26-30-40(4)28-16-14-12-10-8-6-2/h17-24H,5-16,25-30H2,1-4H3,(H,37,41)(H,38,42). The van der Waals surface area contributed by atoms with Crippen LogP contribution in [0.25, 0.3) is 11.1 Å². The van der Waals surface area contributed by atoms with Gasteiger partial charge in [-0.25, -0.2) is 0 Å². The largest absolute Gasteiger partial charge is 0.351 e. The molecule has 0 aliphatic heterocycles. The van der Waals surface area contributed by atoms with Crippen molar-refractivity contribution in [2.75, 3.05) is 53.4 Å². The first-order valence-corrected chi connectivity index (χ1v) is 16.6. The normalized spacial score (nSPS) is 11.3. The van der Waals surface area contributed by atoms with Crippen LogP contribution in [0.15, 0.2) is 48.5 Å². The van der Waals surface area contributed by atoms with Gasteiger partial charge in [0.05, 0.1) is 0 Å². The highest BCUT2D eigenvalue weighted by molar-refractivity contribution is 5.95. The van der Waals surface area contributed by atoms with Crippen LogP contribution in [0.2, 0.25) is 0 Å². The molecule has 2 aromatic rings. The molecule has 42 heavy (non-hydrogen) atoms. The third-order valence-corrected chi connectivity index (χ3v) is 7.97. The minimum atomic E-state index is -0.0425. The van der Waals surface area contributed by atoms with Gasteiger partial charge < -0.3 is 20.4 Å². The quantitative estimate of drug-likeness (QED) is 0.135. The van der Waals surface area contributed by atoms with E-state index in [2.05, 4.69) is 48.4 Å². The van der Waals surface area contributed by atoms with Gasteiger partial charge in [0.15, 0.2) is 0 Å². The minimum absolute atomic E-state index is 0.0425. The number of nitrogens with zero attached hydrogens (tertiary/aromatic N) is 2. The van der Waals surface area contributed by atoms with Crippen LogP contribution in [-0.4, -0.2) is 75.0 Å². The van der Waals surface area contributed by atoms with Gasteiger partial charge >= 0.3 is 0 Å². The SMILES string of the molecule is CCCCCCCCN(C)CCNC(=O)c1ccc(-c2ccc(C(=O)NCCN(C)CCCCCCCC)cc2)cc1. The van der Waals surface area contributed by atoms with Gasteiger partial charge in [0, 0.05) is 37.3 Å². The second-order valence-corrected chi connectivity index (χ2v) is 11.8. The number of unbranched alkanes of at least 4 members (excludes halogenated alkanes) is 10. The maximum Gasteiger partial charge on any atom is 0.251 e. The Morgan fingerprint density at radius 1 is 0.500 bits per heavy atom. The predicted octanol–water partition coefficient (Wildman–Crippen LogP) is 7.40. The van der Waals surface area contributed by atoms with E-state index in [4.69, 9.17) is 0 Å². The highest BCUT2D eigenvalue weighted by atomic mass is 16.2. The maximum absolute atomic E-state index is 12.6. The molecule has 2 aromatic carbocycles. The zero-order valence-corrected chi connectivity index (χ0v) is 27.1. The number of amides is 2. The number of hydrogen-bond acceptors (Lipinski definition) is 4. The van der Waals surface area contributed by atoms with Gasteiger partial charge in [-0.3, -0.25) is 9.59 Å². The molecule has 0 fully saturated rings. The third kappa shape index (κ3) is 15.0. The molecule has 0 saturated carbocycles. The molecule has 234 valence electrons. The number of hydrogen-bond donors (Lipinski definition) is 2. The summed E-state index contributed by atoms with van der Waals surface area (Å²) in [5, 5.41) is 6.08. The summed E-state index contributed by atoms with van der Waals surface area (Å²) < 4.78 is 0. The summed E-state index contributed by atoms with van der Waals surface area (Å²) in [5.74, 6) is -0.0849. The first kappa shape index (κ1) is 35.5. The predicted molar refractivity (Wildman–Crippen MR) is 178 cm³/mol. The third-order valence-electron chi connectivity index (χ3n) is 7.97. The second kappa shape index (κ2) is 21.9. The highest BCUT2D eigenvalue weighted by Gasteiger charge is 2.09. The molecule has 0 aliphatic carbocycles. The molecular weight excluding hydrogens is 520 g/mol. The number of nitrogens with one attached hydrogen (secondary N) is 2. The summed E-state index contributed by atoms with van der Waals surface area (Å²) in [7, 11) is 4.25. The van der Waals surface area contributed by atoms with Crippen LogP contribution >= 0.6 is 0 Å². The molecule has 2 rings (SSSR count). The Balaban J connectivity index is 1.67. The fraction of sp³-hybridized carbons (Fsp3) is 0.611. The lowest BCUT2D eigenvalue weighted by Crippen LogP contribution is -2.33.